The van der Waals surface area contributed by atoms with Gasteiger partial charge in [-0.2, -0.15) is 13.2 Å². The van der Waals surface area contributed by atoms with Gasteiger partial charge in [0.25, 0.3) is 0 Å². The largest absolute Gasteiger partial charge is 0.401 e. The van der Waals surface area contributed by atoms with Crippen molar-refractivity contribution < 1.29 is 18.0 Å². The Hall–Kier alpha value is -0.580. The van der Waals surface area contributed by atoms with E-state index >= 15 is 0 Å². The highest BCUT2D eigenvalue weighted by atomic mass is 19.4. The van der Waals surface area contributed by atoms with Gasteiger partial charge in [0.2, 0.25) is 0 Å². The maximum Gasteiger partial charge on any atom is 0.401 e. The first-order chi connectivity index (χ1) is 5.95. The highest BCUT2D eigenvalue weighted by molar-refractivity contribution is 5.80. The van der Waals surface area contributed by atoms with Gasteiger partial charge in [0, 0.05) is 6.42 Å². The Kier molecular flexibility index (Phi) is 5.70. The van der Waals surface area contributed by atoms with E-state index in [9.17, 15) is 18.0 Å². The van der Waals surface area contributed by atoms with Crippen LogP contribution < -0.4 is 5.32 Å². The topological polar surface area (TPSA) is 29.1 Å². The lowest BCUT2D eigenvalue weighted by atomic mass is 10.2. The van der Waals surface area contributed by atoms with Crippen molar-refractivity contribution in [2.24, 2.45) is 0 Å². The minimum Gasteiger partial charge on any atom is -0.302 e. The first-order valence-corrected chi connectivity index (χ1v) is 4.25. The minimum absolute atomic E-state index is 0.161. The van der Waals surface area contributed by atoms with Crippen LogP contribution in [0.3, 0.4) is 0 Å². The van der Waals surface area contributed by atoms with E-state index in [2.05, 4.69) is 5.32 Å². The van der Waals surface area contributed by atoms with Gasteiger partial charge in [-0.05, 0) is 6.42 Å². The van der Waals surface area contributed by atoms with E-state index in [4.69, 9.17) is 0 Å². The zero-order chi connectivity index (χ0) is 10.3. The van der Waals surface area contributed by atoms with Crippen LogP contribution in [0.25, 0.3) is 0 Å². The second kappa shape index (κ2) is 5.96. The third-order valence-corrected chi connectivity index (χ3v) is 1.46. The Morgan fingerprint density at radius 3 is 2.46 bits per heavy atom. The smallest absolute Gasteiger partial charge is 0.302 e. The Morgan fingerprint density at radius 2 is 2.00 bits per heavy atom. The normalized spacial score (nSPS) is 11.7. The van der Waals surface area contributed by atoms with E-state index in [1.54, 1.807) is 0 Å². The molecule has 0 saturated carbocycles. The third kappa shape index (κ3) is 9.33. The van der Waals surface area contributed by atoms with E-state index in [0.717, 1.165) is 12.8 Å². The predicted octanol–water partition coefficient (Wildman–Crippen LogP) is 1.90. The van der Waals surface area contributed by atoms with Crippen molar-refractivity contribution in [2.75, 3.05) is 13.1 Å². The first-order valence-electron chi connectivity index (χ1n) is 4.25. The summed E-state index contributed by atoms with van der Waals surface area (Å²) in [6.07, 6.45) is -2.25. The minimum atomic E-state index is -4.23. The van der Waals surface area contributed by atoms with Crippen LogP contribution in [0, 0.1) is 0 Å². The highest BCUT2D eigenvalue weighted by Gasteiger charge is 2.26. The number of hydrogen-bond donors (Lipinski definition) is 1. The summed E-state index contributed by atoms with van der Waals surface area (Å²) in [6, 6.07) is 0. The number of carbonyl (C=O) groups excluding carboxylic acids is 1. The standard InChI is InChI=1S/C8H14F3NO/c1-2-3-4-7(13)5-12-6-8(9,10)11/h12H,2-6H2,1H3. The van der Waals surface area contributed by atoms with E-state index in [-0.39, 0.29) is 12.3 Å². The average Bonchev–Trinajstić information content (AvgIpc) is 1.98. The van der Waals surface area contributed by atoms with E-state index in [0.29, 0.717) is 6.42 Å². The fourth-order valence-electron chi connectivity index (χ4n) is 0.806. The van der Waals surface area contributed by atoms with Gasteiger partial charge in [-0.3, -0.25) is 4.79 Å². The molecule has 0 saturated heterocycles. The van der Waals surface area contributed by atoms with Crippen molar-refractivity contribution in [2.45, 2.75) is 32.4 Å². The van der Waals surface area contributed by atoms with Gasteiger partial charge in [-0.15, -0.1) is 0 Å². The molecule has 0 aliphatic heterocycles. The van der Waals surface area contributed by atoms with Gasteiger partial charge in [0.15, 0.2) is 0 Å². The fraction of sp³-hybridized carbons (Fsp3) is 0.875. The molecule has 0 radical (unpaired) electrons. The number of nitrogens with one attached hydrogen (secondary N) is 1. The molecular weight excluding hydrogens is 183 g/mol. The maximum absolute atomic E-state index is 11.6. The van der Waals surface area contributed by atoms with Gasteiger partial charge < -0.3 is 5.32 Å². The molecule has 0 aliphatic rings. The molecule has 0 fully saturated rings. The van der Waals surface area contributed by atoms with Crippen molar-refractivity contribution in [3.05, 3.63) is 0 Å². The van der Waals surface area contributed by atoms with Crippen LogP contribution in [0.1, 0.15) is 26.2 Å². The van der Waals surface area contributed by atoms with Crippen molar-refractivity contribution in [3.63, 3.8) is 0 Å². The van der Waals surface area contributed by atoms with Crippen LogP contribution in [0.5, 0.6) is 0 Å². The maximum atomic E-state index is 11.6. The molecule has 0 unspecified atom stereocenters. The number of rotatable bonds is 6. The molecule has 0 bridgehead atoms. The molecule has 5 heteroatoms. The number of alkyl halides is 3. The second-order valence-corrected chi connectivity index (χ2v) is 2.86. The van der Waals surface area contributed by atoms with Crippen LogP contribution in [0.2, 0.25) is 0 Å². The quantitative estimate of drug-likeness (QED) is 0.704. The number of carbonyl (C=O) groups is 1. The monoisotopic (exact) mass is 197 g/mol. The lowest BCUT2D eigenvalue weighted by Crippen LogP contribution is -2.32. The molecule has 13 heavy (non-hydrogen) atoms. The molecule has 1 N–H and O–H groups in total. The summed E-state index contributed by atoms with van der Waals surface area (Å²) in [5, 5.41) is 2.06. The van der Waals surface area contributed by atoms with Gasteiger partial charge in [0.05, 0.1) is 13.1 Å². The first kappa shape index (κ1) is 12.4. The SMILES string of the molecule is CCCCC(=O)CNCC(F)(F)F. The van der Waals surface area contributed by atoms with Crippen LogP contribution in [0.15, 0.2) is 0 Å². The average molecular weight is 197 g/mol. The summed E-state index contributed by atoms with van der Waals surface area (Å²) >= 11 is 0. The summed E-state index contributed by atoms with van der Waals surface area (Å²) in [5.74, 6) is -0.161. The van der Waals surface area contributed by atoms with Crippen LogP contribution in [0.4, 0.5) is 13.2 Å². The zero-order valence-electron chi connectivity index (χ0n) is 7.58. The molecule has 0 aliphatic carbocycles. The van der Waals surface area contributed by atoms with Crippen molar-refractivity contribution in [1.29, 1.82) is 0 Å². The van der Waals surface area contributed by atoms with Crippen molar-refractivity contribution in [1.82, 2.24) is 5.32 Å². The highest BCUT2D eigenvalue weighted by Crippen LogP contribution is 2.11. The Morgan fingerprint density at radius 1 is 1.38 bits per heavy atom. The van der Waals surface area contributed by atoms with Crippen molar-refractivity contribution in [3.8, 4) is 0 Å². The lowest BCUT2D eigenvalue weighted by molar-refractivity contribution is -0.127. The molecule has 78 valence electrons. The Labute approximate surface area is 75.5 Å². The molecule has 0 aromatic rings. The van der Waals surface area contributed by atoms with Crippen molar-refractivity contribution >= 4 is 5.78 Å². The van der Waals surface area contributed by atoms with E-state index < -0.39 is 12.7 Å². The number of ketones is 1. The molecule has 2 nitrogen and oxygen atoms in total. The molecule has 0 aromatic heterocycles. The third-order valence-electron chi connectivity index (χ3n) is 1.46. The molecular formula is C8H14F3NO. The van der Waals surface area contributed by atoms with Crippen LogP contribution in [-0.2, 0) is 4.79 Å². The number of hydrogen-bond acceptors (Lipinski definition) is 2. The molecule has 0 spiro atoms. The van der Waals surface area contributed by atoms with Gasteiger partial charge in [0.1, 0.15) is 5.78 Å². The Bertz CT molecular complexity index is 156. The summed E-state index contributed by atoms with van der Waals surface area (Å²) < 4.78 is 34.8. The number of unbranched alkanes of at least 4 members (excludes halogenated alkanes) is 1. The number of halogens is 3. The Balaban J connectivity index is 3.37. The number of Topliss-reactive ketones (excluding diaryl/α,β-unsaturated/α-hetero) is 1. The fourth-order valence-corrected chi connectivity index (χ4v) is 0.806. The molecule has 0 heterocycles. The molecule has 0 atom stereocenters. The summed E-state index contributed by atoms with van der Waals surface area (Å²) in [5.41, 5.74) is 0. The summed E-state index contributed by atoms with van der Waals surface area (Å²) in [4.78, 5) is 10.9. The van der Waals surface area contributed by atoms with E-state index in [1.807, 2.05) is 6.92 Å². The van der Waals surface area contributed by atoms with Gasteiger partial charge >= 0.3 is 6.18 Å². The van der Waals surface area contributed by atoms with Crippen LogP contribution >= 0.6 is 0 Å². The summed E-state index contributed by atoms with van der Waals surface area (Å²) in [7, 11) is 0. The summed E-state index contributed by atoms with van der Waals surface area (Å²) in [6.45, 7) is 0.654. The molecule has 0 amide bonds. The lowest BCUT2D eigenvalue weighted by Gasteiger charge is -2.06. The molecule has 0 rings (SSSR count). The van der Waals surface area contributed by atoms with Gasteiger partial charge in [-0.25, -0.2) is 0 Å². The second-order valence-electron chi connectivity index (χ2n) is 2.86. The molecule has 0 aromatic carbocycles. The van der Waals surface area contributed by atoms with E-state index in [1.165, 1.54) is 0 Å². The van der Waals surface area contributed by atoms with Crippen LogP contribution in [-0.4, -0.2) is 25.0 Å². The van der Waals surface area contributed by atoms with Gasteiger partial charge in [-0.1, -0.05) is 13.3 Å². The zero-order valence-corrected chi connectivity index (χ0v) is 7.58. The predicted molar refractivity (Wildman–Crippen MR) is 43.5 cm³/mol.